The summed E-state index contributed by atoms with van der Waals surface area (Å²) in [6, 6.07) is 11.2. The lowest BCUT2D eigenvalue weighted by atomic mass is 10.1. The molecule has 0 fully saturated rings. The van der Waals surface area contributed by atoms with Crippen LogP contribution >= 0.6 is 15.9 Å². The van der Waals surface area contributed by atoms with E-state index in [1.54, 1.807) is 6.21 Å². The van der Waals surface area contributed by atoms with Crippen molar-refractivity contribution < 1.29 is 4.79 Å². The highest BCUT2D eigenvalue weighted by Gasteiger charge is 1.99. The molecule has 0 radical (unpaired) electrons. The maximum Gasteiger partial charge on any atom is 0.332 e. The van der Waals surface area contributed by atoms with Crippen LogP contribution in [0.3, 0.4) is 0 Å². The van der Waals surface area contributed by atoms with Crippen LogP contribution in [0.2, 0.25) is 0 Å². The molecule has 0 heterocycles. The number of amides is 2. The number of benzene rings is 2. The number of nitrogens with two attached hydrogens (primary N) is 1. The molecule has 0 saturated heterocycles. The lowest BCUT2D eigenvalue weighted by Crippen LogP contribution is -2.24. The highest BCUT2D eigenvalue weighted by molar-refractivity contribution is 9.10. The molecule has 2 aromatic rings. The van der Waals surface area contributed by atoms with E-state index in [2.05, 4.69) is 26.5 Å². The van der Waals surface area contributed by atoms with Gasteiger partial charge in [-0.25, -0.2) is 10.2 Å². The molecular formula is C12H10BrN3O. The zero-order valence-corrected chi connectivity index (χ0v) is 10.4. The van der Waals surface area contributed by atoms with Crippen molar-refractivity contribution in [2.24, 2.45) is 10.8 Å². The predicted molar refractivity (Wildman–Crippen MR) is 72.0 cm³/mol. The molecule has 0 unspecified atom stereocenters. The minimum Gasteiger partial charge on any atom is -0.350 e. The van der Waals surface area contributed by atoms with Gasteiger partial charge in [0.2, 0.25) is 0 Å². The highest BCUT2D eigenvalue weighted by atomic mass is 79.9. The first kappa shape index (κ1) is 11.6. The Morgan fingerprint density at radius 3 is 2.88 bits per heavy atom. The van der Waals surface area contributed by atoms with Crippen LogP contribution in [-0.2, 0) is 0 Å². The van der Waals surface area contributed by atoms with Gasteiger partial charge in [0.05, 0.1) is 6.21 Å². The standard InChI is InChI=1S/C12H10BrN3O/c13-11-6-8(7-15-16-12(14)17)5-9-3-1-2-4-10(9)11/h1-7H,(H3,14,16,17). The number of hydrogen-bond acceptors (Lipinski definition) is 2. The number of nitrogens with one attached hydrogen (secondary N) is 1. The zero-order chi connectivity index (χ0) is 12.3. The van der Waals surface area contributed by atoms with Gasteiger partial charge in [0.25, 0.3) is 0 Å². The third-order valence-corrected chi connectivity index (χ3v) is 2.88. The Kier molecular flexibility index (Phi) is 3.39. The molecule has 0 bridgehead atoms. The molecule has 4 nitrogen and oxygen atoms in total. The molecule has 2 rings (SSSR count). The molecule has 0 aliphatic heterocycles. The number of hydrogen-bond donors (Lipinski definition) is 2. The van der Waals surface area contributed by atoms with Gasteiger partial charge in [0, 0.05) is 4.47 Å². The summed E-state index contributed by atoms with van der Waals surface area (Å²) in [5.74, 6) is 0. The molecule has 0 saturated carbocycles. The van der Waals surface area contributed by atoms with E-state index in [9.17, 15) is 4.79 Å². The van der Waals surface area contributed by atoms with Crippen LogP contribution in [0.15, 0.2) is 46.0 Å². The largest absolute Gasteiger partial charge is 0.350 e. The summed E-state index contributed by atoms with van der Waals surface area (Å²) in [6.45, 7) is 0. The number of halogens is 1. The molecule has 2 amide bonds. The Balaban J connectivity index is 2.36. The van der Waals surface area contributed by atoms with Crippen LogP contribution in [0, 0.1) is 0 Å². The van der Waals surface area contributed by atoms with Crippen LogP contribution in [0.25, 0.3) is 10.8 Å². The number of hydrazone groups is 1. The van der Waals surface area contributed by atoms with Gasteiger partial charge < -0.3 is 5.73 Å². The second kappa shape index (κ2) is 4.97. The molecule has 0 atom stereocenters. The maximum atomic E-state index is 10.5. The fraction of sp³-hybridized carbons (Fsp3) is 0. The topological polar surface area (TPSA) is 67.5 Å². The lowest BCUT2D eigenvalue weighted by molar-refractivity contribution is 0.249. The van der Waals surface area contributed by atoms with Gasteiger partial charge in [-0.3, -0.25) is 0 Å². The Labute approximate surface area is 107 Å². The third kappa shape index (κ3) is 2.82. The fourth-order valence-corrected chi connectivity index (χ4v) is 2.16. The monoisotopic (exact) mass is 291 g/mol. The zero-order valence-electron chi connectivity index (χ0n) is 8.85. The predicted octanol–water partition coefficient (Wildman–Crippen LogP) is 2.60. The van der Waals surface area contributed by atoms with E-state index in [0.717, 1.165) is 20.8 Å². The summed E-state index contributed by atoms with van der Waals surface area (Å²) >= 11 is 3.49. The first-order valence-corrected chi connectivity index (χ1v) is 5.73. The number of rotatable bonds is 2. The van der Waals surface area contributed by atoms with E-state index in [1.165, 1.54) is 0 Å². The normalized spacial score (nSPS) is 10.9. The summed E-state index contributed by atoms with van der Waals surface area (Å²) in [5.41, 5.74) is 7.94. The number of carbonyl (C=O) groups is 1. The Hall–Kier alpha value is -1.88. The van der Waals surface area contributed by atoms with Crippen LogP contribution in [0.1, 0.15) is 5.56 Å². The lowest BCUT2D eigenvalue weighted by Gasteiger charge is -2.02. The van der Waals surface area contributed by atoms with Crippen LogP contribution < -0.4 is 11.2 Å². The molecule has 0 aliphatic carbocycles. The SMILES string of the molecule is NC(=O)NN=Cc1cc(Br)c2ccccc2c1. The van der Waals surface area contributed by atoms with E-state index < -0.39 is 6.03 Å². The average Bonchev–Trinajstić information content (AvgIpc) is 2.28. The van der Waals surface area contributed by atoms with E-state index in [-0.39, 0.29) is 0 Å². The van der Waals surface area contributed by atoms with Crippen LogP contribution in [-0.4, -0.2) is 12.2 Å². The Bertz CT molecular complexity index is 595. The number of nitrogens with zero attached hydrogens (tertiary/aromatic N) is 1. The first-order chi connectivity index (χ1) is 8.16. The second-order valence-corrected chi connectivity index (χ2v) is 4.31. The minimum atomic E-state index is -0.680. The molecule has 0 spiro atoms. The molecule has 5 heteroatoms. The molecule has 17 heavy (non-hydrogen) atoms. The van der Waals surface area contributed by atoms with Crippen molar-refractivity contribution in [3.63, 3.8) is 0 Å². The fourth-order valence-electron chi connectivity index (χ4n) is 1.53. The summed E-state index contributed by atoms with van der Waals surface area (Å²) in [6.07, 6.45) is 1.54. The van der Waals surface area contributed by atoms with Gasteiger partial charge in [0.15, 0.2) is 0 Å². The Morgan fingerprint density at radius 2 is 2.12 bits per heavy atom. The molecule has 3 N–H and O–H groups in total. The highest BCUT2D eigenvalue weighted by Crippen LogP contribution is 2.24. The van der Waals surface area contributed by atoms with Crippen LogP contribution in [0.5, 0.6) is 0 Å². The maximum absolute atomic E-state index is 10.5. The molecule has 0 aliphatic rings. The summed E-state index contributed by atoms with van der Waals surface area (Å²) in [5, 5.41) is 5.95. The van der Waals surface area contributed by atoms with Crippen molar-refractivity contribution in [3.8, 4) is 0 Å². The summed E-state index contributed by atoms with van der Waals surface area (Å²) in [7, 11) is 0. The summed E-state index contributed by atoms with van der Waals surface area (Å²) < 4.78 is 0.983. The van der Waals surface area contributed by atoms with Crippen molar-refractivity contribution >= 4 is 38.9 Å². The van der Waals surface area contributed by atoms with E-state index in [0.29, 0.717) is 0 Å². The second-order valence-electron chi connectivity index (χ2n) is 3.46. The van der Waals surface area contributed by atoms with E-state index in [1.807, 2.05) is 36.4 Å². The smallest absolute Gasteiger partial charge is 0.332 e. The van der Waals surface area contributed by atoms with Gasteiger partial charge in [-0.2, -0.15) is 5.10 Å². The summed E-state index contributed by atoms with van der Waals surface area (Å²) in [4.78, 5) is 10.5. The van der Waals surface area contributed by atoms with E-state index >= 15 is 0 Å². The van der Waals surface area contributed by atoms with E-state index in [4.69, 9.17) is 5.73 Å². The van der Waals surface area contributed by atoms with Crippen LogP contribution in [0.4, 0.5) is 4.79 Å². The molecular weight excluding hydrogens is 282 g/mol. The first-order valence-electron chi connectivity index (χ1n) is 4.93. The van der Waals surface area contributed by atoms with Gasteiger partial charge in [-0.15, -0.1) is 0 Å². The number of carbonyl (C=O) groups excluding carboxylic acids is 1. The average molecular weight is 292 g/mol. The van der Waals surface area contributed by atoms with Crippen molar-refractivity contribution in [3.05, 3.63) is 46.4 Å². The number of primary amides is 1. The number of urea groups is 1. The van der Waals surface area contributed by atoms with Crippen molar-refractivity contribution in [1.29, 1.82) is 0 Å². The molecule has 0 aromatic heterocycles. The van der Waals surface area contributed by atoms with Gasteiger partial charge in [0.1, 0.15) is 0 Å². The quantitative estimate of drug-likeness (QED) is 0.648. The third-order valence-electron chi connectivity index (χ3n) is 2.22. The van der Waals surface area contributed by atoms with Crippen molar-refractivity contribution in [2.45, 2.75) is 0 Å². The molecule has 2 aromatic carbocycles. The van der Waals surface area contributed by atoms with Gasteiger partial charge >= 0.3 is 6.03 Å². The Morgan fingerprint density at radius 1 is 1.35 bits per heavy atom. The van der Waals surface area contributed by atoms with Gasteiger partial charge in [-0.1, -0.05) is 40.2 Å². The van der Waals surface area contributed by atoms with Crippen molar-refractivity contribution in [2.75, 3.05) is 0 Å². The van der Waals surface area contributed by atoms with Gasteiger partial charge in [-0.05, 0) is 28.5 Å². The molecule has 86 valence electrons. The number of fused-ring (bicyclic) bond motifs is 1. The van der Waals surface area contributed by atoms with Crippen molar-refractivity contribution in [1.82, 2.24) is 5.43 Å². The minimum absolute atomic E-state index is 0.680.